The lowest BCUT2D eigenvalue weighted by Gasteiger charge is -2.46. The van der Waals surface area contributed by atoms with E-state index in [0.29, 0.717) is 25.9 Å². The monoisotopic (exact) mass is 285 g/mol. The summed E-state index contributed by atoms with van der Waals surface area (Å²) in [4.78, 5) is 23.2. The maximum Gasteiger partial charge on any atom is 0.307 e. The second kappa shape index (κ2) is 7.07. The summed E-state index contributed by atoms with van der Waals surface area (Å²) in [7, 11) is 1.62. The standard InChI is InChI=1S/C15H27NO4/c1-10-12(16-13(17)6-5-9-20-4)8-7-11(14(18)19)15(10,2)3/h10-12H,5-9H2,1-4H3,(H,16,17)(H,18,19). The zero-order valence-electron chi connectivity index (χ0n) is 12.9. The quantitative estimate of drug-likeness (QED) is 0.732. The number of hydrogen-bond acceptors (Lipinski definition) is 3. The van der Waals surface area contributed by atoms with Crippen molar-refractivity contribution in [2.75, 3.05) is 13.7 Å². The molecule has 0 bridgehead atoms. The predicted molar refractivity (Wildman–Crippen MR) is 76.3 cm³/mol. The molecule has 1 saturated carbocycles. The SMILES string of the molecule is COCCCC(=O)NC1CCC(C(=O)O)C(C)(C)C1C. The molecule has 0 spiro atoms. The Morgan fingerprint density at radius 1 is 1.35 bits per heavy atom. The molecule has 3 unspecified atom stereocenters. The van der Waals surface area contributed by atoms with Crippen LogP contribution >= 0.6 is 0 Å². The number of hydrogen-bond donors (Lipinski definition) is 2. The van der Waals surface area contributed by atoms with Gasteiger partial charge < -0.3 is 15.2 Å². The highest BCUT2D eigenvalue weighted by Gasteiger charge is 2.46. The maximum absolute atomic E-state index is 11.9. The maximum atomic E-state index is 11.9. The third-order valence-corrected chi connectivity index (χ3v) is 4.84. The fourth-order valence-electron chi connectivity index (χ4n) is 3.10. The third kappa shape index (κ3) is 3.95. The Balaban J connectivity index is 2.57. The van der Waals surface area contributed by atoms with E-state index in [4.69, 9.17) is 4.74 Å². The normalized spacial score (nSPS) is 28.9. The highest BCUT2D eigenvalue weighted by atomic mass is 16.5. The summed E-state index contributed by atoms with van der Waals surface area (Å²) in [5.74, 6) is -0.891. The molecule has 116 valence electrons. The van der Waals surface area contributed by atoms with E-state index in [1.165, 1.54) is 0 Å². The van der Waals surface area contributed by atoms with Crippen LogP contribution in [-0.4, -0.2) is 36.7 Å². The number of ether oxygens (including phenoxy) is 1. The molecule has 0 aromatic heterocycles. The molecule has 3 atom stereocenters. The van der Waals surface area contributed by atoms with E-state index in [1.54, 1.807) is 7.11 Å². The number of methoxy groups -OCH3 is 1. The summed E-state index contributed by atoms with van der Waals surface area (Å²) in [5.41, 5.74) is -0.311. The number of amides is 1. The zero-order valence-corrected chi connectivity index (χ0v) is 12.9. The first kappa shape index (κ1) is 17.0. The molecule has 5 nitrogen and oxygen atoms in total. The molecule has 0 heterocycles. The summed E-state index contributed by atoms with van der Waals surface area (Å²) in [6.45, 7) is 6.59. The van der Waals surface area contributed by atoms with Crippen LogP contribution < -0.4 is 5.32 Å². The van der Waals surface area contributed by atoms with Crippen LogP contribution in [-0.2, 0) is 14.3 Å². The van der Waals surface area contributed by atoms with E-state index in [-0.39, 0.29) is 29.2 Å². The van der Waals surface area contributed by atoms with Crippen molar-refractivity contribution in [3.05, 3.63) is 0 Å². The van der Waals surface area contributed by atoms with Crippen LogP contribution in [0.4, 0.5) is 0 Å². The molecule has 0 radical (unpaired) electrons. The van der Waals surface area contributed by atoms with Crippen molar-refractivity contribution >= 4 is 11.9 Å². The van der Waals surface area contributed by atoms with Crippen LogP contribution in [0.3, 0.4) is 0 Å². The van der Waals surface area contributed by atoms with Gasteiger partial charge >= 0.3 is 5.97 Å². The fourth-order valence-corrected chi connectivity index (χ4v) is 3.10. The molecular weight excluding hydrogens is 258 g/mol. The number of carbonyl (C=O) groups excluding carboxylic acids is 1. The van der Waals surface area contributed by atoms with E-state index in [0.717, 1.165) is 6.42 Å². The van der Waals surface area contributed by atoms with Crippen LogP contribution in [0.2, 0.25) is 0 Å². The number of nitrogens with one attached hydrogen (secondary N) is 1. The molecule has 0 aromatic rings. The molecule has 2 N–H and O–H groups in total. The number of aliphatic carboxylic acids is 1. The summed E-state index contributed by atoms with van der Waals surface area (Å²) in [5, 5.41) is 12.4. The minimum absolute atomic E-state index is 0.0310. The van der Waals surface area contributed by atoms with E-state index in [1.807, 2.05) is 20.8 Å². The van der Waals surface area contributed by atoms with Crippen molar-refractivity contribution in [1.29, 1.82) is 0 Å². The molecule has 0 saturated heterocycles. The number of carbonyl (C=O) groups is 2. The fraction of sp³-hybridized carbons (Fsp3) is 0.867. The lowest BCUT2D eigenvalue weighted by atomic mass is 9.61. The minimum atomic E-state index is -0.730. The first-order chi connectivity index (χ1) is 9.30. The Morgan fingerprint density at radius 2 is 2.00 bits per heavy atom. The van der Waals surface area contributed by atoms with Crippen molar-refractivity contribution in [2.45, 2.75) is 52.5 Å². The van der Waals surface area contributed by atoms with Gasteiger partial charge in [-0.05, 0) is 30.6 Å². The average molecular weight is 285 g/mol. The molecular formula is C15H27NO4. The van der Waals surface area contributed by atoms with E-state index < -0.39 is 5.97 Å². The van der Waals surface area contributed by atoms with Crippen molar-refractivity contribution in [2.24, 2.45) is 17.3 Å². The molecule has 1 rings (SSSR count). The van der Waals surface area contributed by atoms with Gasteiger partial charge in [-0.15, -0.1) is 0 Å². The van der Waals surface area contributed by atoms with Crippen molar-refractivity contribution in [3.8, 4) is 0 Å². The highest BCUT2D eigenvalue weighted by Crippen LogP contribution is 2.45. The summed E-state index contributed by atoms with van der Waals surface area (Å²) in [6.07, 6.45) is 2.53. The Labute approximate surface area is 121 Å². The Hall–Kier alpha value is -1.10. The average Bonchev–Trinajstić information content (AvgIpc) is 2.35. The number of carboxylic acids is 1. The van der Waals surface area contributed by atoms with Crippen LogP contribution in [0.5, 0.6) is 0 Å². The van der Waals surface area contributed by atoms with Gasteiger partial charge in [0.2, 0.25) is 5.91 Å². The van der Waals surface area contributed by atoms with E-state index in [9.17, 15) is 14.7 Å². The third-order valence-electron chi connectivity index (χ3n) is 4.84. The minimum Gasteiger partial charge on any atom is -0.481 e. The van der Waals surface area contributed by atoms with Gasteiger partial charge in [0.05, 0.1) is 5.92 Å². The van der Waals surface area contributed by atoms with Gasteiger partial charge in [-0.1, -0.05) is 20.8 Å². The molecule has 0 aromatic carbocycles. The molecule has 0 aliphatic heterocycles. The summed E-state index contributed by atoms with van der Waals surface area (Å²) in [6, 6.07) is 0.0654. The van der Waals surface area contributed by atoms with Crippen LogP contribution in [0.25, 0.3) is 0 Å². The van der Waals surface area contributed by atoms with Crippen molar-refractivity contribution in [1.82, 2.24) is 5.32 Å². The smallest absolute Gasteiger partial charge is 0.307 e. The molecule has 1 aliphatic carbocycles. The second-order valence-electron chi connectivity index (χ2n) is 6.35. The van der Waals surface area contributed by atoms with Gasteiger partial charge in [0.25, 0.3) is 0 Å². The summed E-state index contributed by atoms with van der Waals surface area (Å²) >= 11 is 0. The van der Waals surface area contributed by atoms with Gasteiger partial charge in [-0.3, -0.25) is 9.59 Å². The number of carboxylic acid groups (broad SMARTS) is 1. The van der Waals surface area contributed by atoms with Crippen molar-refractivity contribution in [3.63, 3.8) is 0 Å². The Morgan fingerprint density at radius 3 is 2.55 bits per heavy atom. The van der Waals surface area contributed by atoms with Gasteiger partial charge in [0, 0.05) is 26.2 Å². The molecule has 1 aliphatic rings. The first-order valence-corrected chi connectivity index (χ1v) is 7.31. The second-order valence-corrected chi connectivity index (χ2v) is 6.35. The van der Waals surface area contributed by atoms with Gasteiger partial charge in [0.15, 0.2) is 0 Å². The highest BCUT2D eigenvalue weighted by molar-refractivity contribution is 5.76. The van der Waals surface area contributed by atoms with Gasteiger partial charge in [-0.2, -0.15) is 0 Å². The lowest BCUT2D eigenvalue weighted by molar-refractivity contribution is -0.150. The van der Waals surface area contributed by atoms with Crippen LogP contribution in [0.1, 0.15) is 46.5 Å². The van der Waals surface area contributed by atoms with Crippen LogP contribution in [0, 0.1) is 17.3 Å². The van der Waals surface area contributed by atoms with Crippen LogP contribution in [0.15, 0.2) is 0 Å². The van der Waals surface area contributed by atoms with Gasteiger partial charge in [0.1, 0.15) is 0 Å². The van der Waals surface area contributed by atoms with Gasteiger partial charge in [-0.25, -0.2) is 0 Å². The molecule has 1 amide bonds. The first-order valence-electron chi connectivity index (χ1n) is 7.31. The lowest BCUT2D eigenvalue weighted by Crippen LogP contribution is -2.52. The largest absolute Gasteiger partial charge is 0.481 e. The topological polar surface area (TPSA) is 75.6 Å². The summed E-state index contributed by atoms with van der Waals surface area (Å²) < 4.78 is 4.93. The molecule has 20 heavy (non-hydrogen) atoms. The Bertz CT molecular complexity index is 354. The molecule has 5 heteroatoms. The predicted octanol–water partition coefficient (Wildman–Crippen LogP) is 2.05. The zero-order chi connectivity index (χ0) is 15.3. The van der Waals surface area contributed by atoms with E-state index in [2.05, 4.69) is 5.32 Å². The Kier molecular flexibility index (Phi) is 5.99. The van der Waals surface area contributed by atoms with Crippen molar-refractivity contribution < 1.29 is 19.4 Å². The number of rotatable bonds is 6. The molecule has 1 fully saturated rings. The van der Waals surface area contributed by atoms with E-state index >= 15 is 0 Å².